The molecule has 1 heterocycles. The van der Waals surface area contributed by atoms with Crippen LogP contribution in [0.15, 0.2) is 30.3 Å². The molecule has 1 aromatic heterocycles. The highest BCUT2D eigenvalue weighted by Gasteiger charge is 2.36. The van der Waals surface area contributed by atoms with Crippen LogP contribution in [0.2, 0.25) is 0 Å². The molecule has 0 fully saturated rings. The van der Waals surface area contributed by atoms with Crippen molar-refractivity contribution in [3.05, 3.63) is 57.0 Å². The number of rotatable bonds is 2. The molecule has 0 amide bonds. The lowest BCUT2D eigenvalue weighted by Crippen LogP contribution is -2.22. The molecule has 0 aliphatic carbocycles. The number of hydrogen-bond acceptors (Lipinski definition) is 2. The number of thiophene rings is 1. The molecular weight excluding hydrogens is 292 g/mol. The van der Waals surface area contributed by atoms with Crippen molar-refractivity contribution in [1.29, 1.82) is 0 Å². The number of alkyl halides is 3. The lowest BCUT2D eigenvalue weighted by Gasteiger charge is -2.23. The fraction of sp³-hybridized carbons (Fsp3) is 0.286. The van der Waals surface area contributed by atoms with Crippen molar-refractivity contribution in [1.82, 2.24) is 0 Å². The molecule has 0 saturated heterocycles. The van der Waals surface area contributed by atoms with Crippen LogP contribution in [-0.4, -0.2) is 5.11 Å². The number of hydrogen-bond donors (Lipinski definition) is 1. The molecule has 2 rings (SSSR count). The molecule has 0 spiro atoms. The van der Waals surface area contributed by atoms with Crippen molar-refractivity contribution in [2.75, 3.05) is 0 Å². The van der Waals surface area contributed by atoms with Crippen LogP contribution in [0, 0.1) is 12.7 Å². The van der Waals surface area contributed by atoms with Crippen molar-refractivity contribution in [3.8, 4) is 0 Å². The van der Waals surface area contributed by atoms with Gasteiger partial charge in [0, 0.05) is 9.75 Å². The molecule has 0 radical (unpaired) electrons. The van der Waals surface area contributed by atoms with Crippen LogP contribution in [0.5, 0.6) is 0 Å². The van der Waals surface area contributed by atoms with Gasteiger partial charge in [-0.25, -0.2) is 4.39 Å². The van der Waals surface area contributed by atoms with Crippen molar-refractivity contribution in [2.45, 2.75) is 25.6 Å². The summed E-state index contributed by atoms with van der Waals surface area (Å²) in [5, 5.41) is 10.5. The first-order valence-corrected chi connectivity index (χ1v) is 6.60. The van der Waals surface area contributed by atoms with Gasteiger partial charge in [-0.3, -0.25) is 0 Å². The summed E-state index contributed by atoms with van der Waals surface area (Å²) in [7, 11) is 0. The lowest BCUT2D eigenvalue weighted by atomic mass is 9.93. The van der Waals surface area contributed by atoms with Crippen LogP contribution in [0.1, 0.15) is 27.8 Å². The van der Waals surface area contributed by atoms with E-state index in [0.717, 1.165) is 17.0 Å². The zero-order valence-corrected chi connectivity index (χ0v) is 11.6. The largest absolute Gasteiger partial charge is 0.419 e. The van der Waals surface area contributed by atoms with E-state index in [9.17, 15) is 22.7 Å². The average molecular weight is 304 g/mol. The quantitative estimate of drug-likeness (QED) is 0.812. The van der Waals surface area contributed by atoms with Gasteiger partial charge in [0.15, 0.2) is 0 Å². The summed E-state index contributed by atoms with van der Waals surface area (Å²) in [6, 6.07) is 5.95. The van der Waals surface area contributed by atoms with Gasteiger partial charge < -0.3 is 5.11 Å². The standard InChI is InChI=1S/C14H12F4OS/c1-8-3-6-12(20-8)13(2,19)9-4-5-10(11(15)7-9)14(16,17)18/h3-7,19H,1-2H3. The third-order valence-electron chi connectivity index (χ3n) is 3.06. The van der Waals surface area contributed by atoms with E-state index in [-0.39, 0.29) is 5.56 Å². The van der Waals surface area contributed by atoms with Gasteiger partial charge in [0.1, 0.15) is 11.4 Å². The van der Waals surface area contributed by atoms with Crippen LogP contribution in [0.3, 0.4) is 0 Å². The second kappa shape index (κ2) is 4.86. The summed E-state index contributed by atoms with van der Waals surface area (Å²) in [5.41, 5.74) is -2.77. The lowest BCUT2D eigenvalue weighted by molar-refractivity contribution is -0.140. The Labute approximate surface area is 117 Å². The predicted molar refractivity (Wildman–Crippen MR) is 69.1 cm³/mol. The first-order valence-electron chi connectivity index (χ1n) is 5.79. The van der Waals surface area contributed by atoms with E-state index in [1.54, 1.807) is 12.1 Å². The van der Waals surface area contributed by atoms with Gasteiger partial charge >= 0.3 is 6.18 Å². The molecule has 0 bridgehead atoms. The summed E-state index contributed by atoms with van der Waals surface area (Å²) in [6.07, 6.45) is -4.74. The Morgan fingerprint density at radius 3 is 2.20 bits per heavy atom. The molecule has 0 aliphatic rings. The summed E-state index contributed by atoms with van der Waals surface area (Å²) >= 11 is 1.31. The van der Waals surface area contributed by atoms with Crippen LogP contribution in [0.4, 0.5) is 17.6 Å². The third kappa shape index (κ3) is 2.71. The highest BCUT2D eigenvalue weighted by atomic mass is 32.1. The minimum Gasteiger partial charge on any atom is -0.380 e. The Bertz CT molecular complexity index is 628. The van der Waals surface area contributed by atoms with E-state index < -0.39 is 23.2 Å². The van der Waals surface area contributed by atoms with Gasteiger partial charge in [0.25, 0.3) is 0 Å². The molecule has 20 heavy (non-hydrogen) atoms. The first-order chi connectivity index (χ1) is 9.12. The van der Waals surface area contributed by atoms with E-state index >= 15 is 0 Å². The van der Waals surface area contributed by atoms with E-state index in [0.29, 0.717) is 10.9 Å². The zero-order valence-electron chi connectivity index (χ0n) is 10.8. The highest BCUT2D eigenvalue weighted by Crippen LogP contribution is 2.37. The predicted octanol–water partition coefficient (Wildman–Crippen LogP) is 4.47. The van der Waals surface area contributed by atoms with Crippen LogP contribution >= 0.6 is 11.3 Å². The van der Waals surface area contributed by atoms with E-state index in [4.69, 9.17) is 0 Å². The van der Waals surface area contributed by atoms with Crippen molar-refractivity contribution in [3.63, 3.8) is 0 Å². The van der Waals surface area contributed by atoms with E-state index in [2.05, 4.69) is 0 Å². The minimum atomic E-state index is -4.74. The monoisotopic (exact) mass is 304 g/mol. The highest BCUT2D eigenvalue weighted by molar-refractivity contribution is 7.12. The van der Waals surface area contributed by atoms with Crippen molar-refractivity contribution >= 4 is 11.3 Å². The SMILES string of the molecule is Cc1ccc(C(C)(O)c2ccc(C(F)(F)F)c(F)c2)s1. The van der Waals surface area contributed by atoms with Crippen LogP contribution in [-0.2, 0) is 11.8 Å². The molecule has 1 nitrogen and oxygen atoms in total. The Morgan fingerprint density at radius 1 is 1.10 bits per heavy atom. The fourth-order valence-corrected chi connectivity index (χ4v) is 2.82. The van der Waals surface area contributed by atoms with Gasteiger partial charge in [-0.1, -0.05) is 6.07 Å². The number of halogens is 4. The smallest absolute Gasteiger partial charge is 0.380 e. The average Bonchev–Trinajstić information content (AvgIpc) is 2.74. The Hall–Kier alpha value is -1.40. The molecule has 2 aromatic rings. The Kier molecular flexibility index (Phi) is 3.64. The Balaban J connectivity index is 2.46. The number of aryl methyl sites for hydroxylation is 1. The molecule has 1 aromatic carbocycles. The van der Waals surface area contributed by atoms with Gasteiger partial charge in [-0.15, -0.1) is 11.3 Å². The number of benzene rings is 1. The minimum absolute atomic E-state index is 0.0878. The van der Waals surface area contributed by atoms with Gasteiger partial charge in [0.2, 0.25) is 0 Å². The first kappa shape index (κ1) is 15.0. The van der Waals surface area contributed by atoms with Gasteiger partial charge in [-0.2, -0.15) is 13.2 Å². The number of aliphatic hydroxyl groups is 1. The summed E-state index contributed by atoms with van der Waals surface area (Å²) < 4.78 is 51.1. The van der Waals surface area contributed by atoms with Crippen molar-refractivity contribution < 1.29 is 22.7 Å². The maximum absolute atomic E-state index is 13.6. The van der Waals surface area contributed by atoms with Crippen molar-refractivity contribution in [2.24, 2.45) is 0 Å². The molecule has 1 atom stereocenters. The summed E-state index contributed by atoms with van der Waals surface area (Å²) in [5.74, 6) is -1.39. The Morgan fingerprint density at radius 2 is 1.75 bits per heavy atom. The molecular formula is C14H12F4OS. The maximum atomic E-state index is 13.6. The second-order valence-electron chi connectivity index (χ2n) is 4.67. The fourth-order valence-electron chi connectivity index (χ4n) is 1.89. The van der Waals surface area contributed by atoms with Crippen LogP contribution < -0.4 is 0 Å². The van der Waals surface area contributed by atoms with Crippen LogP contribution in [0.25, 0.3) is 0 Å². The van der Waals surface area contributed by atoms with E-state index in [1.165, 1.54) is 18.3 Å². The van der Waals surface area contributed by atoms with Gasteiger partial charge in [-0.05, 0) is 43.7 Å². The van der Waals surface area contributed by atoms with E-state index in [1.807, 2.05) is 6.92 Å². The normalized spacial score (nSPS) is 15.2. The molecule has 0 aliphatic heterocycles. The molecule has 1 unspecified atom stereocenters. The van der Waals surface area contributed by atoms with Gasteiger partial charge in [0.05, 0.1) is 5.56 Å². The zero-order chi connectivity index (χ0) is 15.1. The summed E-state index contributed by atoms with van der Waals surface area (Å²) in [6.45, 7) is 3.28. The third-order valence-corrected chi connectivity index (χ3v) is 4.27. The molecule has 0 saturated carbocycles. The molecule has 1 N–H and O–H groups in total. The summed E-state index contributed by atoms with van der Waals surface area (Å²) in [4.78, 5) is 1.50. The maximum Gasteiger partial charge on any atom is 0.419 e. The molecule has 6 heteroatoms. The topological polar surface area (TPSA) is 20.2 Å². The second-order valence-corrected chi connectivity index (χ2v) is 5.96. The molecule has 108 valence electrons.